The van der Waals surface area contributed by atoms with E-state index in [0.717, 1.165) is 5.56 Å². The van der Waals surface area contributed by atoms with Gasteiger partial charge in [-0.05, 0) is 12.5 Å². The summed E-state index contributed by atoms with van der Waals surface area (Å²) in [5.74, 6) is -1.84. The smallest absolute Gasteiger partial charge is 0.340 e. The van der Waals surface area contributed by atoms with E-state index in [1.807, 2.05) is 0 Å². The standard InChI is InChI=1S/C11H17N2O4P/c1-8(12)11(14)13-10(18(15,16)17)7-9-5-3-2-4-6-9/h2-6,8,10H,7,12H2,1H3,(H,13,14)(H2,15,16,17)/t8-,10+/m0/s1. The summed E-state index contributed by atoms with van der Waals surface area (Å²) in [4.78, 5) is 29.9. The van der Waals surface area contributed by atoms with Crippen molar-refractivity contribution in [1.82, 2.24) is 5.32 Å². The van der Waals surface area contributed by atoms with Gasteiger partial charge in [0.25, 0.3) is 0 Å². The van der Waals surface area contributed by atoms with Crippen LogP contribution >= 0.6 is 7.60 Å². The quantitative estimate of drug-likeness (QED) is 0.572. The van der Waals surface area contributed by atoms with E-state index in [0.29, 0.717) is 0 Å². The largest absolute Gasteiger partial charge is 0.347 e. The molecule has 1 rings (SSSR count). The van der Waals surface area contributed by atoms with Gasteiger partial charge in [0.05, 0.1) is 6.04 Å². The molecule has 6 nitrogen and oxygen atoms in total. The molecule has 0 bridgehead atoms. The summed E-state index contributed by atoms with van der Waals surface area (Å²) in [6, 6.07) is 7.99. The normalized spacial score (nSPS) is 14.9. The molecule has 0 aliphatic heterocycles. The Morgan fingerprint density at radius 2 is 1.94 bits per heavy atom. The zero-order valence-corrected chi connectivity index (χ0v) is 10.9. The van der Waals surface area contributed by atoms with Gasteiger partial charge in [0.1, 0.15) is 5.78 Å². The van der Waals surface area contributed by atoms with Gasteiger partial charge in [-0.3, -0.25) is 9.36 Å². The first-order valence-electron chi connectivity index (χ1n) is 5.46. The number of carbonyl (C=O) groups is 1. The lowest BCUT2D eigenvalue weighted by atomic mass is 10.1. The fourth-order valence-electron chi connectivity index (χ4n) is 1.39. The Balaban J connectivity index is 2.81. The highest BCUT2D eigenvalue weighted by molar-refractivity contribution is 7.52. The van der Waals surface area contributed by atoms with Gasteiger partial charge in [-0.25, -0.2) is 0 Å². The predicted octanol–water partition coefficient (Wildman–Crippen LogP) is 0.196. The highest BCUT2D eigenvalue weighted by Gasteiger charge is 2.31. The molecule has 0 radical (unpaired) electrons. The Morgan fingerprint density at radius 1 is 1.39 bits per heavy atom. The number of nitrogens with two attached hydrogens (primary N) is 1. The van der Waals surface area contributed by atoms with Crippen LogP contribution in [0.15, 0.2) is 30.3 Å². The average Bonchev–Trinajstić information content (AvgIpc) is 2.28. The maximum absolute atomic E-state index is 11.4. The monoisotopic (exact) mass is 272 g/mol. The van der Waals surface area contributed by atoms with Crippen molar-refractivity contribution < 1.29 is 19.1 Å². The number of carbonyl (C=O) groups excluding carboxylic acids is 1. The second-order valence-electron chi connectivity index (χ2n) is 4.09. The Morgan fingerprint density at radius 3 is 2.39 bits per heavy atom. The van der Waals surface area contributed by atoms with E-state index in [9.17, 15) is 19.1 Å². The summed E-state index contributed by atoms with van der Waals surface area (Å²) < 4.78 is 11.3. The van der Waals surface area contributed by atoms with Crippen LogP contribution in [0.2, 0.25) is 0 Å². The topological polar surface area (TPSA) is 113 Å². The van der Waals surface area contributed by atoms with Gasteiger partial charge in [-0.2, -0.15) is 0 Å². The summed E-state index contributed by atoms with van der Waals surface area (Å²) in [6.07, 6.45) is 0.0591. The molecule has 1 amide bonds. The van der Waals surface area contributed by atoms with Gasteiger partial charge in [-0.1, -0.05) is 30.3 Å². The van der Waals surface area contributed by atoms with Gasteiger partial charge in [0.2, 0.25) is 5.91 Å². The van der Waals surface area contributed by atoms with Crippen molar-refractivity contribution in [3.63, 3.8) is 0 Å². The van der Waals surface area contributed by atoms with E-state index in [4.69, 9.17) is 5.73 Å². The van der Waals surface area contributed by atoms with Crippen molar-refractivity contribution in [1.29, 1.82) is 0 Å². The van der Waals surface area contributed by atoms with Gasteiger partial charge in [-0.15, -0.1) is 0 Å². The molecule has 7 heteroatoms. The van der Waals surface area contributed by atoms with Crippen LogP contribution in [0.3, 0.4) is 0 Å². The molecule has 0 aromatic heterocycles. The number of hydrogen-bond donors (Lipinski definition) is 4. The molecule has 2 atom stereocenters. The molecule has 1 aromatic carbocycles. The summed E-state index contributed by atoms with van der Waals surface area (Å²) in [7, 11) is -4.42. The van der Waals surface area contributed by atoms with Crippen LogP contribution < -0.4 is 11.1 Å². The van der Waals surface area contributed by atoms with Gasteiger partial charge >= 0.3 is 7.60 Å². The van der Waals surface area contributed by atoms with Gasteiger partial charge in [0.15, 0.2) is 0 Å². The Labute approximate surface area is 105 Å². The highest BCUT2D eigenvalue weighted by atomic mass is 31.2. The lowest BCUT2D eigenvalue weighted by molar-refractivity contribution is -0.122. The number of nitrogens with one attached hydrogen (secondary N) is 1. The van der Waals surface area contributed by atoms with Gasteiger partial charge in [0, 0.05) is 6.42 Å². The summed E-state index contributed by atoms with van der Waals surface area (Å²) in [6.45, 7) is 1.45. The van der Waals surface area contributed by atoms with Crippen LogP contribution in [-0.4, -0.2) is 27.5 Å². The molecule has 0 heterocycles. The molecule has 100 valence electrons. The Hall–Kier alpha value is -1.20. The van der Waals surface area contributed by atoms with Crippen molar-refractivity contribution >= 4 is 13.5 Å². The molecule has 1 aromatic rings. The fraction of sp³-hybridized carbons (Fsp3) is 0.364. The van der Waals surface area contributed by atoms with Crippen molar-refractivity contribution in [2.75, 3.05) is 0 Å². The van der Waals surface area contributed by atoms with E-state index in [1.54, 1.807) is 30.3 Å². The zero-order chi connectivity index (χ0) is 13.8. The van der Waals surface area contributed by atoms with Crippen molar-refractivity contribution in [2.24, 2.45) is 5.73 Å². The third kappa shape index (κ3) is 4.58. The fourth-order valence-corrected chi connectivity index (χ4v) is 2.13. The number of rotatable bonds is 5. The Kier molecular flexibility index (Phi) is 5.04. The summed E-state index contributed by atoms with van der Waals surface area (Å²) in [5.41, 5.74) is 6.09. The van der Waals surface area contributed by atoms with Crippen molar-refractivity contribution in [2.45, 2.75) is 25.2 Å². The molecular weight excluding hydrogens is 255 g/mol. The first kappa shape index (κ1) is 14.9. The summed E-state index contributed by atoms with van der Waals surface area (Å²) >= 11 is 0. The Bertz CT molecular complexity index is 444. The molecule has 0 aliphatic carbocycles. The summed E-state index contributed by atoms with van der Waals surface area (Å²) in [5, 5.41) is 2.28. The third-order valence-electron chi connectivity index (χ3n) is 2.40. The highest BCUT2D eigenvalue weighted by Crippen LogP contribution is 2.41. The molecule has 0 fully saturated rings. The first-order chi connectivity index (χ1) is 8.30. The second-order valence-corrected chi connectivity index (χ2v) is 5.89. The van der Waals surface area contributed by atoms with E-state index >= 15 is 0 Å². The van der Waals surface area contributed by atoms with Crippen molar-refractivity contribution in [3.8, 4) is 0 Å². The molecule has 18 heavy (non-hydrogen) atoms. The number of hydrogen-bond acceptors (Lipinski definition) is 3. The SMILES string of the molecule is C[C@H](N)C(=O)N[C@@H](Cc1ccccc1)P(=O)(O)O. The van der Waals surface area contributed by atoms with E-state index in [2.05, 4.69) is 5.32 Å². The first-order valence-corrected chi connectivity index (χ1v) is 7.14. The van der Waals surface area contributed by atoms with Crippen LogP contribution in [0.5, 0.6) is 0 Å². The molecule has 0 saturated carbocycles. The molecule has 0 spiro atoms. The minimum absolute atomic E-state index is 0.0591. The van der Waals surface area contributed by atoms with E-state index < -0.39 is 25.3 Å². The zero-order valence-electron chi connectivity index (χ0n) is 9.98. The van der Waals surface area contributed by atoms with E-state index in [-0.39, 0.29) is 6.42 Å². The average molecular weight is 272 g/mol. The lowest BCUT2D eigenvalue weighted by Crippen LogP contribution is -2.44. The van der Waals surface area contributed by atoms with Crippen LogP contribution in [0, 0.1) is 0 Å². The lowest BCUT2D eigenvalue weighted by Gasteiger charge is -2.21. The number of amides is 1. The van der Waals surface area contributed by atoms with Crippen LogP contribution in [0.25, 0.3) is 0 Å². The predicted molar refractivity (Wildman–Crippen MR) is 67.8 cm³/mol. The van der Waals surface area contributed by atoms with Crippen molar-refractivity contribution in [3.05, 3.63) is 35.9 Å². The molecule has 0 saturated heterocycles. The molecule has 0 unspecified atom stereocenters. The maximum atomic E-state index is 11.4. The maximum Gasteiger partial charge on any atom is 0.347 e. The van der Waals surface area contributed by atoms with E-state index in [1.165, 1.54) is 6.92 Å². The molecule has 0 aliphatic rings. The van der Waals surface area contributed by atoms with Crippen LogP contribution in [-0.2, 0) is 15.8 Å². The van der Waals surface area contributed by atoms with Crippen LogP contribution in [0.1, 0.15) is 12.5 Å². The minimum atomic E-state index is -4.42. The molecule has 5 N–H and O–H groups in total. The third-order valence-corrected chi connectivity index (χ3v) is 3.52. The minimum Gasteiger partial charge on any atom is -0.340 e. The second kappa shape index (κ2) is 6.11. The van der Waals surface area contributed by atoms with Gasteiger partial charge < -0.3 is 20.8 Å². The number of benzene rings is 1. The van der Waals surface area contributed by atoms with Crippen LogP contribution in [0.4, 0.5) is 0 Å². The molecular formula is C11H17N2O4P.